The molecule has 4 heterocycles. The summed E-state index contributed by atoms with van der Waals surface area (Å²) in [7, 11) is 1.38. The largest absolute Gasteiger partial charge is 0.494 e. The molecule has 2 aromatic heterocycles. The van der Waals surface area contributed by atoms with E-state index >= 15 is 0 Å². The number of carbonyl (C=O) groups excluding carboxylic acids is 2. The lowest BCUT2D eigenvalue weighted by Crippen LogP contribution is -2.55. The number of nitrogens with one attached hydrogen (secondary N) is 2. The van der Waals surface area contributed by atoms with Gasteiger partial charge in [0.15, 0.2) is 23.0 Å². The van der Waals surface area contributed by atoms with E-state index in [1.54, 1.807) is 44.9 Å². The van der Waals surface area contributed by atoms with Crippen LogP contribution >= 0.6 is 11.6 Å². The quantitative estimate of drug-likeness (QED) is 0.299. The van der Waals surface area contributed by atoms with Crippen LogP contribution in [-0.2, 0) is 4.79 Å². The summed E-state index contributed by atoms with van der Waals surface area (Å²) in [6, 6.07) is 8.65. The van der Waals surface area contributed by atoms with Crippen molar-refractivity contribution in [3.8, 4) is 17.0 Å². The maximum absolute atomic E-state index is 14.6. The van der Waals surface area contributed by atoms with E-state index in [4.69, 9.17) is 16.3 Å². The highest BCUT2D eigenvalue weighted by atomic mass is 35.5. The third kappa shape index (κ3) is 5.56. The number of halogens is 2. The molecule has 2 aliphatic heterocycles. The van der Waals surface area contributed by atoms with Crippen LogP contribution in [0.25, 0.3) is 16.9 Å². The number of piperidine rings is 1. The number of rotatable bonds is 6. The molecule has 0 aliphatic carbocycles. The zero-order chi connectivity index (χ0) is 31.0. The summed E-state index contributed by atoms with van der Waals surface area (Å²) in [5.74, 6) is -0.638. The second-order valence-corrected chi connectivity index (χ2v) is 11.4. The molecule has 2 aliphatic rings. The predicted octanol–water partition coefficient (Wildman–Crippen LogP) is 3.50. The number of nitrogens with zero attached hydrogens (tertiary/aromatic N) is 5. The van der Waals surface area contributed by atoms with Gasteiger partial charge < -0.3 is 30.3 Å². The number of amides is 2. The highest BCUT2D eigenvalue weighted by Gasteiger charge is 2.34. The van der Waals surface area contributed by atoms with Gasteiger partial charge in [0.25, 0.3) is 5.91 Å². The number of fused-ring (bicyclic) bond motifs is 1. The molecule has 2 amide bonds. The second kappa shape index (κ2) is 12.4. The Bertz CT molecular complexity index is 1720. The minimum atomic E-state index is -0.681. The Morgan fingerprint density at radius 3 is 2.64 bits per heavy atom. The Morgan fingerprint density at radius 2 is 1.91 bits per heavy atom. The number of ether oxygens (including phenoxy) is 1. The van der Waals surface area contributed by atoms with Crippen LogP contribution in [0.3, 0.4) is 0 Å². The van der Waals surface area contributed by atoms with E-state index in [1.807, 2.05) is 19.1 Å². The molecule has 0 bridgehead atoms. The molecule has 230 valence electrons. The zero-order valence-electron chi connectivity index (χ0n) is 24.4. The number of aromatic nitrogens is 3. The highest BCUT2D eigenvalue weighted by molar-refractivity contribution is 6.33. The van der Waals surface area contributed by atoms with Crippen molar-refractivity contribution in [1.29, 1.82) is 0 Å². The summed E-state index contributed by atoms with van der Waals surface area (Å²) in [6.45, 7) is 4.75. The number of carbonyl (C=O) groups is 2. The van der Waals surface area contributed by atoms with E-state index in [0.717, 1.165) is 5.56 Å². The van der Waals surface area contributed by atoms with E-state index in [1.165, 1.54) is 13.2 Å². The smallest absolute Gasteiger partial charge is 0.254 e. The summed E-state index contributed by atoms with van der Waals surface area (Å²) < 4.78 is 21.4. The Balaban J connectivity index is 1.14. The maximum atomic E-state index is 14.6. The van der Waals surface area contributed by atoms with Gasteiger partial charge in [-0.15, -0.1) is 0 Å². The molecule has 3 N–H and O–H groups in total. The number of anilines is 2. The Morgan fingerprint density at radius 1 is 1.14 bits per heavy atom. The van der Waals surface area contributed by atoms with E-state index in [9.17, 15) is 19.1 Å². The van der Waals surface area contributed by atoms with Gasteiger partial charge in [-0.2, -0.15) is 0 Å². The molecule has 4 aromatic rings. The molecule has 11 nitrogen and oxygen atoms in total. The standard InChI is InChI=1S/C31H33ClFN7O4/c1-18-15-19(3-4-20(18)30(42)38-11-13-39(14-12-38)31(43)22-7-8-34-17-24(22)41)37-28-29-36-16-23(40(29)10-9-35-28)21-5-6-25(44-2)27(33)26(21)32/h3-6,9-10,15-16,22,24,34,41H,7-8,11-14,17H2,1-2H3,(H,35,37)/t22?,24-/m1/s1. The molecule has 2 saturated heterocycles. The fraction of sp³-hybridized carbons (Fsp3) is 0.355. The molecular weight excluding hydrogens is 589 g/mol. The van der Waals surface area contributed by atoms with Crippen LogP contribution in [0.1, 0.15) is 22.3 Å². The number of piperazine rings is 1. The van der Waals surface area contributed by atoms with Gasteiger partial charge in [0.05, 0.1) is 36.0 Å². The van der Waals surface area contributed by atoms with Gasteiger partial charge in [0.2, 0.25) is 5.91 Å². The van der Waals surface area contributed by atoms with Gasteiger partial charge in [-0.25, -0.2) is 14.4 Å². The number of hydrogen-bond donors (Lipinski definition) is 3. The molecule has 2 fully saturated rings. The molecule has 0 radical (unpaired) electrons. The Kier molecular flexibility index (Phi) is 8.39. The lowest BCUT2D eigenvalue weighted by atomic mass is 9.93. The van der Waals surface area contributed by atoms with Gasteiger partial charge >= 0.3 is 0 Å². The number of aliphatic hydroxyl groups is 1. The summed E-state index contributed by atoms with van der Waals surface area (Å²) in [6.07, 6.45) is 4.86. The van der Waals surface area contributed by atoms with Crippen LogP contribution in [0.4, 0.5) is 15.9 Å². The first-order chi connectivity index (χ1) is 21.3. The molecule has 13 heteroatoms. The fourth-order valence-corrected chi connectivity index (χ4v) is 6.13. The van der Waals surface area contributed by atoms with Gasteiger partial charge in [-0.3, -0.25) is 14.0 Å². The third-order valence-corrected chi connectivity index (χ3v) is 8.71. The van der Waals surface area contributed by atoms with Crippen LogP contribution in [0.5, 0.6) is 5.75 Å². The lowest BCUT2D eigenvalue weighted by molar-refractivity contribution is -0.141. The van der Waals surface area contributed by atoms with Crippen LogP contribution in [0.15, 0.2) is 48.9 Å². The topological polar surface area (TPSA) is 124 Å². The predicted molar refractivity (Wildman–Crippen MR) is 164 cm³/mol. The Hall–Kier alpha value is -4.26. The summed E-state index contributed by atoms with van der Waals surface area (Å²) >= 11 is 6.32. The summed E-state index contributed by atoms with van der Waals surface area (Å²) in [5.41, 5.74) is 3.64. The molecule has 6 rings (SSSR count). The van der Waals surface area contributed by atoms with Crippen molar-refractivity contribution in [2.75, 3.05) is 51.7 Å². The zero-order valence-corrected chi connectivity index (χ0v) is 25.1. The Labute approximate surface area is 258 Å². The minimum Gasteiger partial charge on any atom is -0.494 e. The molecule has 2 aromatic carbocycles. The monoisotopic (exact) mass is 621 g/mol. The molecule has 0 spiro atoms. The minimum absolute atomic E-state index is 0.0369. The number of imidazole rings is 1. The third-order valence-electron chi connectivity index (χ3n) is 8.34. The molecule has 1 unspecified atom stereocenters. The average Bonchev–Trinajstić information content (AvgIpc) is 3.47. The van der Waals surface area contributed by atoms with Gasteiger partial charge in [0, 0.05) is 61.9 Å². The van der Waals surface area contributed by atoms with E-state index in [2.05, 4.69) is 20.6 Å². The van der Waals surface area contributed by atoms with Gasteiger partial charge in [-0.1, -0.05) is 11.6 Å². The first-order valence-electron chi connectivity index (χ1n) is 14.5. The fourth-order valence-electron chi connectivity index (χ4n) is 5.88. The van der Waals surface area contributed by atoms with Gasteiger partial charge in [-0.05, 0) is 55.8 Å². The average molecular weight is 622 g/mol. The molecular formula is C31H33ClFN7O4. The number of β-amino-alcohol motifs (C(OH)–C–C–N with tert-alkyl or cyclic N) is 1. The van der Waals surface area contributed by atoms with Crippen LogP contribution in [-0.4, -0.2) is 93.6 Å². The lowest BCUT2D eigenvalue weighted by Gasteiger charge is -2.38. The number of aryl methyl sites for hydroxylation is 1. The van der Waals surface area contributed by atoms with Crippen molar-refractivity contribution < 1.29 is 23.8 Å². The number of aliphatic hydroxyl groups excluding tert-OH is 1. The number of benzene rings is 2. The maximum Gasteiger partial charge on any atom is 0.254 e. The second-order valence-electron chi connectivity index (χ2n) is 11.0. The number of hydrogen-bond acceptors (Lipinski definition) is 8. The van der Waals surface area contributed by atoms with Crippen molar-refractivity contribution >= 4 is 40.6 Å². The van der Waals surface area contributed by atoms with Crippen LogP contribution < -0.4 is 15.4 Å². The van der Waals surface area contributed by atoms with E-state index in [-0.39, 0.29) is 22.6 Å². The van der Waals surface area contributed by atoms with Crippen molar-refractivity contribution in [2.24, 2.45) is 5.92 Å². The van der Waals surface area contributed by atoms with E-state index in [0.29, 0.717) is 79.7 Å². The molecule has 2 atom stereocenters. The SMILES string of the molecule is COc1ccc(-c2cnc3c(Nc4ccc(C(=O)N5CCN(C(=O)C6CCNC[C@H]6O)CC5)c(C)c4)nccn23)c(Cl)c1F. The first kappa shape index (κ1) is 29.8. The van der Waals surface area contributed by atoms with Crippen molar-refractivity contribution in [3.63, 3.8) is 0 Å². The normalized spacial score (nSPS) is 18.8. The summed E-state index contributed by atoms with van der Waals surface area (Å²) in [5, 5.41) is 16.5. The first-order valence-corrected chi connectivity index (χ1v) is 14.8. The van der Waals surface area contributed by atoms with Gasteiger partial charge in [0.1, 0.15) is 0 Å². The van der Waals surface area contributed by atoms with E-state index < -0.39 is 17.8 Å². The molecule has 0 saturated carbocycles. The van der Waals surface area contributed by atoms with Crippen LogP contribution in [0.2, 0.25) is 5.02 Å². The summed E-state index contributed by atoms with van der Waals surface area (Å²) in [4.78, 5) is 38.8. The van der Waals surface area contributed by atoms with Crippen molar-refractivity contribution in [3.05, 3.63) is 70.9 Å². The van der Waals surface area contributed by atoms with Crippen molar-refractivity contribution in [2.45, 2.75) is 19.4 Å². The highest BCUT2D eigenvalue weighted by Crippen LogP contribution is 2.36. The van der Waals surface area contributed by atoms with Crippen LogP contribution in [0, 0.1) is 18.7 Å². The number of methoxy groups -OCH3 is 1. The van der Waals surface area contributed by atoms with Crippen molar-refractivity contribution in [1.82, 2.24) is 29.5 Å². The molecule has 44 heavy (non-hydrogen) atoms.